The predicted octanol–water partition coefficient (Wildman–Crippen LogP) is 2.55. The van der Waals surface area contributed by atoms with E-state index < -0.39 is 0 Å². The summed E-state index contributed by atoms with van der Waals surface area (Å²) in [5.74, 6) is 1.06. The van der Waals surface area contributed by atoms with Crippen molar-refractivity contribution in [2.45, 2.75) is 46.2 Å². The Morgan fingerprint density at radius 1 is 1.53 bits per heavy atom. The Bertz CT molecular complexity index is 458. The summed E-state index contributed by atoms with van der Waals surface area (Å²) in [5.41, 5.74) is 1.67. The number of alkyl halides is 1. The Morgan fingerprint density at radius 2 is 2.26 bits per heavy atom. The number of amides is 1. The van der Waals surface area contributed by atoms with E-state index in [1.165, 1.54) is 0 Å². The molecule has 1 aromatic heterocycles. The van der Waals surface area contributed by atoms with Crippen molar-refractivity contribution in [3.05, 3.63) is 17.5 Å². The average molecular weight is 284 g/mol. The zero-order chi connectivity index (χ0) is 14.0. The molecule has 0 spiro atoms. The van der Waals surface area contributed by atoms with E-state index >= 15 is 0 Å². The fourth-order valence-electron chi connectivity index (χ4n) is 2.70. The van der Waals surface area contributed by atoms with Gasteiger partial charge in [0, 0.05) is 25.0 Å². The van der Waals surface area contributed by atoms with E-state index in [-0.39, 0.29) is 11.9 Å². The van der Waals surface area contributed by atoms with Crippen molar-refractivity contribution in [1.82, 2.24) is 14.7 Å². The second kappa shape index (κ2) is 5.95. The van der Waals surface area contributed by atoms with Gasteiger partial charge in [-0.05, 0) is 31.7 Å². The first-order valence-corrected chi connectivity index (χ1v) is 7.59. The number of carbonyl (C=O) groups excluding carboxylic acids is 1. The first-order chi connectivity index (χ1) is 9.12. The fourth-order valence-corrected chi connectivity index (χ4v) is 3.17. The van der Waals surface area contributed by atoms with Crippen LogP contribution in [0.4, 0.5) is 0 Å². The smallest absolute Gasteiger partial charge is 0.272 e. The van der Waals surface area contributed by atoms with E-state index in [1.807, 2.05) is 17.9 Å². The van der Waals surface area contributed by atoms with E-state index in [0.29, 0.717) is 17.5 Å². The second-order valence-electron chi connectivity index (χ2n) is 5.18. The Morgan fingerprint density at radius 3 is 2.84 bits per heavy atom. The lowest BCUT2D eigenvalue weighted by atomic mass is 10.0. The van der Waals surface area contributed by atoms with Gasteiger partial charge in [0.05, 0.1) is 5.69 Å². The third-order valence-electron chi connectivity index (χ3n) is 4.01. The zero-order valence-corrected chi connectivity index (χ0v) is 12.7. The maximum atomic E-state index is 12.7. The van der Waals surface area contributed by atoms with E-state index in [0.717, 1.165) is 31.6 Å². The van der Waals surface area contributed by atoms with Crippen LogP contribution in [-0.2, 0) is 13.0 Å². The van der Waals surface area contributed by atoms with Crippen LogP contribution in [0.15, 0.2) is 6.07 Å². The number of carbonyl (C=O) groups is 1. The highest BCUT2D eigenvalue weighted by molar-refractivity contribution is 6.18. The van der Waals surface area contributed by atoms with Crippen molar-refractivity contribution in [3.63, 3.8) is 0 Å². The largest absolute Gasteiger partial charge is 0.333 e. The zero-order valence-electron chi connectivity index (χ0n) is 11.9. The molecule has 1 aromatic rings. The molecule has 0 saturated carbocycles. The molecule has 2 heterocycles. The van der Waals surface area contributed by atoms with Crippen molar-refractivity contribution >= 4 is 17.5 Å². The Labute approximate surface area is 119 Å². The first kappa shape index (κ1) is 14.4. The lowest BCUT2D eigenvalue weighted by molar-refractivity contribution is 0.0724. The number of aromatic nitrogens is 2. The molecule has 19 heavy (non-hydrogen) atoms. The maximum absolute atomic E-state index is 12.7. The number of hydrogen-bond donors (Lipinski definition) is 0. The number of aryl methyl sites for hydroxylation is 2. The van der Waals surface area contributed by atoms with Crippen molar-refractivity contribution in [3.8, 4) is 0 Å². The highest BCUT2D eigenvalue weighted by Crippen LogP contribution is 2.26. The van der Waals surface area contributed by atoms with Gasteiger partial charge in [-0.15, -0.1) is 11.6 Å². The molecule has 1 amide bonds. The molecule has 1 saturated heterocycles. The van der Waals surface area contributed by atoms with Gasteiger partial charge in [0.1, 0.15) is 5.69 Å². The standard InChI is InChI=1S/C14H22ClN3O/c1-4-11-8-12(18(5-2)16-11)14(19)17-7-6-10(3)13(17)9-15/h8,10,13H,4-7,9H2,1-3H3. The van der Waals surface area contributed by atoms with Gasteiger partial charge < -0.3 is 4.90 Å². The second-order valence-corrected chi connectivity index (χ2v) is 5.48. The average Bonchev–Trinajstić information content (AvgIpc) is 3.00. The van der Waals surface area contributed by atoms with E-state index in [9.17, 15) is 4.79 Å². The van der Waals surface area contributed by atoms with E-state index in [4.69, 9.17) is 11.6 Å². The topological polar surface area (TPSA) is 38.1 Å². The lowest BCUT2D eigenvalue weighted by Crippen LogP contribution is -2.39. The quantitative estimate of drug-likeness (QED) is 0.797. The highest BCUT2D eigenvalue weighted by atomic mass is 35.5. The molecule has 0 aromatic carbocycles. The number of nitrogens with zero attached hydrogens (tertiary/aromatic N) is 3. The van der Waals surface area contributed by atoms with Crippen LogP contribution in [0.1, 0.15) is 43.4 Å². The molecular formula is C14H22ClN3O. The molecule has 1 aliphatic rings. The van der Waals surface area contributed by atoms with Gasteiger partial charge in [-0.25, -0.2) is 0 Å². The molecule has 0 radical (unpaired) electrons. The van der Waals surface area contributed by atoms with Crippen LogP contribution in [-0.4, -0.2) is 39.1 Å². The normalized spacial score (nSPS) is 23.1. The first-order valence-electron chi connectivity index (χ1n) is 7.06. The molecule has 106 valence electrons. The summed E-state index contributed by atoms with van der Waals surface area (Å²) >= 11 is 6.02. The molecule has 5 heteroatoms. The molecule has 2 rings (SSSR count). The van der Waals surface area contributed by atoms with E-state index in [1.54, 1.807) is 4.68 Å². The van der Waals surface area contributed by atoms with Gasteiger partial charge in [-0.2, -0.15) is 5.10 Å². The number of likely N-dealkylation sites (tertiary alicyclic amines) is 1. The summed E-state index contributed by atoms with van der Waals surface area (Å²) in [6.45, 7) is 7.74. The molecule has 0 bridgehead atoms. The van der Waals surface area contributed by atoms with Gasteiger partial charge in [-0.1, -0.05) is 13.8 Å². The lowest BCUT2D eigenvalue weighted by Gasteiger charge is -2.25. The van der Waals surface area contributed by atoms with Gasteiger partial charge in [0.2, 0.25) is 0 Å². The number of hydrogen-bond acceptors (Lipinski definition) is 2. The molecule has 2 unspecified atom stereocenters. The van der Waals surface area contributed by atoms with Crippen molar-refractivity contribution in [2.75, 3.05) is 12.4 Å². The van der Waals surface area contributed by atoms with E-state index in [2.05, 4.69) is 18.9 Å². The number of rotatable bonds is 4. The summed E-state index contributed by atoms with van der Waals surface area (Å²) in [4.78, 5) is 14.6. The molecule has 4 nitrogen and oxygen atoms in total. The molecule has 0 N–H and O–H groups in total. The van der Waals surface area contributed by atoms with Crippen LogP contribution in [0.25, 0.3) is 0 Å². The fraction of sp³-hybridized carbons (Fsp3) is 0.714. The van der Waals surface area contributed by atoms with Gasteiger partial charge in [0.25, 0.3) is 5.91 Å². The Kier molecular flexibility index (Phi) is 4.50. The van der Waals surface area contributed by atoms with Crippen LogP contribution in [0, 0.1) is 5.92 Å². The molecule has 1 aliphatic heterocycles. The SMILES string of the molecule is CCc1cc(C(=O)N2CCC(C)C2CCl)n(CC)n1. The third kappa shape index (κ3) is 2.64. The maximum Gasteiger partial charge on any atom is 0.272 e. The van der Waals surface area contributed by atoms with Crippen molar-refractivity contribution < 1.29 is 4.79 Å². The minimum atomic E-state index is 0.0732. The van der Waals surface area contributed by atoms with Crippen LogP contribution in [0.3, 0.4) is 0 Å². The highest BCUT2D eigenvalue weighted by Gasteiger charge is 2.35. The Hall–Kier alpha value is -1.03. The summed E-state index contributed by atoms with van der Waals surface area (Å²) in [5, 5.41) is 4.45. The van der Waals surface area contributed by atoms with Gasteiger partial charge >= 0.3 is 0 Å². The minimum Gasteiger partial charge on any atom is -0.333 e. The van der Waals surface area contributed by atoms with Crippen LogP contribution < -0.4 is 0 Å². The minimum absolute atomic E-state index is 0.0732. The number of halogens is 1. The molecular weight excluding hydrogens is 262 g/mol. The molecule has 1 fully saturated rings. The summed E-state index contributed by atoms with van der Waals surface area (Å²) in [6, 6.07) is 2.07. The summed E-state index contributed by atoms with van der Waals surface area (Å²) in [7, 11) is 0. The van der Waals surface area contributed by atoms with Gasteiger partial charge in [0.15, 0.2) is 0 Å². The summed E-state index contributed by atoms with van der Waals surface area (Å²) < 4.78 is 1.80. The van der Waals surface area contributed by atoms with Crippen molar-refractivity contribution in [2.24, 2.45) is 5.92 Å². The van der Waals surface area contributed by atoms with Crippen LogP contribution in [0.5, 0.6) is 0 Å². The monoisotopic (exact) mass is 283 g/mol. The van der Waals surface area contributed by atoms with Crippen LogP contribution >= 0.6 is 11.6 Å². The predicted molar refractivity (Wildman–Crippen MR) is 76.6 cm³/mol. The van der Waals surface area contributed by atoms with Gasteiger partial charge in [-0.3, -0.25) is 9.48 Å². The molecule has 2 atom stereocenters. The molecule has 0 aliphatic carbocycles. The third-order valence-corrected chi connectivity index (χ3v) is 4.33. The summed E-state index contributed by atoms with van der Waals surface area (Å²) in [6.07, 6.45) is 1.88. The van der Waals surface area contributed by atoms with Crippen molar-refractivity contribution in [1.29, 1.82) is 0 Å². The van der Waals surface area contributed by atoms with Crippen LogP contribution in [0.2, 0.25) is 0 Å². The Balaban J connectivity index is 2.26.